The van der Waals surface area contributed by atoms with Gasteiger partial charge in [-0.15, -0.1) is 11.3 Å². The van der Waals surface area contributed by atoms with Crippen LogP contribution in [-0.2, 0) is 4.79 Å². The van der Waals surface area contributed by atoms with Crippen LogP contribution in [0.2, 0.25) is 0 Å². The fourth-order valence-electron chi connectivity index (χ4n) is 2.69. The number of nitrogens with zero attached hydrogens (tertiary/aromatic N) is 1. The minimum atomic E-state index is -0.368. The third-order valence-corrected chi connectivity index (χ3v) is 4.95. The summed E-state index contributed by atoms with van der Waals surface area (Å²) in [6, 6.07) is 11.2. The van der Waals surface area contributed by atoms with E-state index in [0.29, 0.717) is 5.13 Å². The number of carbonyl (C=O) groups excluding carboxylic acids is 1. The van der Waals surface area contributed by atoms with E-state index in [2.05, 4.69) is 10.3 Å². The number of nitrogens with two attached hydrogens (primary N) is 1. The molecule has 0 radical (unpaired) electrons. The molecule has 2 atom stereocenters. The Labute approximate surface area is 150 Å². The topological polar surface area (TPSA) is 81.2 Å². The number of hydrogen-bond acceptors (Lipinski definition) is 5. The molecule has 0 aliphatic carbocycles. The lowest BCUT2D eigenvalue weighted by atomic mass is 9.95. The molecule has 0 aliphatic heterocycles. The summed E-state index contributed by atoms with van der Waals surface area (Å²) in [5.74, 6) is 1.15. The normalized spacial score (nSPS) is 13.4. The summed E-state index contributed by atoms with van der Waals surface area (Å²) >= 11 is 1.39. The van der Waals surface area contributed by atoms with E-state index in [-0.39, 0.29) is 17.9 Å². The van der Waals surface area contributed by atoms with Crippen molar-refractivity contribution in [3.8, 4) is 11.3 Å². The number of nitrogens with one attached hydrogen (secondary N) is 1. The van der Waals surface area contributed by atoms with Crippen LogP contribution >= 0.6 is 11.3 Å². The summed E-state index contributed by atoms with van der Waals surface area (Å²) in [6.45, 7) is 5.63. The van der Waals surface area contributed by atoms with Gasteiger partial charge in [-0.2, -0.15) is 0 Å². The van der Waals surface area contributed by atoms with Gasteiger partial charge in [-0.25, -0.2) is 4.98 Å². The number of furan rings is 1. The van der Waals surface area contributed by atoms with Crippen LogP contribution in [0.25, 0.3) is 11.3 Å². The molecule has 25 heavy (non-hydrogen) atoms. The van der Waals surface area contributed by atoms with Gasteiger partial charge in [0.25, 0.3) is 0 Å². The van der Waals surface area contributed by atoms with Gasteiger partial charge in [-0.05, 0) is 25.5 Å². The van der Waals surface area contributed by atoms with Crippen LogP contribution in [0.3, 0.4) is 0 Å². The van der Waals surface area contributed by atoms with Crippen LogP contribution in [0.5, 0.6) is 0 Å². The molecule has 0 spiro atoms. The maximum atomic E-state index is 12.5. The molecule has 0 bridgehead atoms. The Morgan fingerprint density at radius 3 is 2.64 bits per heavy atom. The lowest BCUT2D eigenvalue weighted by molar-refractivity contribution is -0.120. The second kappa shape index (κ2) is 7.21. The highest BCUT2D eigenvalue weighted by atomic mass is 32.1. The van der Waals surface area contributed by atoms with Gasteiger partial charge in [0.1, 0.15) is 11.5 Å². The van der Waals surface area contributed by atoms with Gasteiger partial charge in [0.15, 0.2) is 5.13 Å². The molecule has 0 aliphatic rings. The van der Waals surface area contributed by atoms with Gasteiger partial charge in [0.05, 0.1) is 11.6 Å². The molecule has 0 saturated heterocycles. The smallest absolute Gasteiger partial charge is 0.230 e. The number of rotatable bonds is 5. The first kappa shape index (κ1) is 17.4. The highest BCUT2D eigenvalue weighted by Gasteiger charge is 2.23. The Hall–Kier alpha value is -2.44. The summed E-state index contributed by atoms with van der Waals surface area (Å²) in [6.07, 6.45) is 0. The summed E-state index contributed by atoms with van der Waals surface area (Å²) in [5.41, 5.74) is 8.91. The Morgan fingerprint density at radius 2 is 2.00 bits per heavy atom. The van der Waals surface area contributed by atoms with Crippen LogP contribution in [0.1, 0.15) is 30.0 Å². The zero-order chi connectivity index (χ0) is 18.0. The van der Waals surface area contributed by atoms with Crippen molar-refractivity contribution in [3.05, 3.63) is 58.9 Å². The monoisotopic (exact) mass is 355 g/mol. The van der Waals surface area contributed by atoms with Crippen molar-refractivity contribution >= 4 is 22.4 Å². The van der Waals surface area contributed by atoms with E-state index in [0.717, 1.165) is 28.3 Å². The second-order valence-corrected chi connectivity index (χ2v) is 6.94. The van der Waals surface area contributed by atoms with Gasteiger partial charge >= 0.3 is 0 Å². The lowest BCUT2D eigenvalue weighted by Gasteiger charge is -2.19. The van der Waals surface area contributed by atoms with E-state index < -0.39 is 0 Å². The average molecular weight is 355 g/mol. The Bertz CT molecular complexity index is 870. The maximum absolute atomic E-state index is 12.5. The fraction of sp³-hybridized carbons (Fsp3) is 0.263. The average Bonchev–Trinajstić information content (AvgIpc) is 3.20. The molecule has 0 fully saturated rings. The van der Waals surface area contributed by atoms with Crippen LogP contribution in [0.15, 0.2) is 46.2 Å². The zero-order valence-corrected chi connectivity index (χ0v) is 15.3. The first-order valence-corrected chi connectivity index (χ1v) is 8.98. The molecular formula is C19H21N3O2S. The minimum absolute atomic E-state index is 0.141. The number of hydrogen-bond donors (Lipinski definition) is 2. The molecule has 2 unspecified atom stereocenters. The van der Waals surface area contributed by atoms with Crippen LogP contribution < -0.4 is 11.1 Å². The summed E-state index contributed by atoms with van der Waals surface area (Å²) < 4.78 is 5.54. The predicted octanol–water partition coefficient (Wildman–Crippen LogP) is 4.29. The number of anilines is 1. The molecule has 1 aromatic carbocycles. The highest BCUT2D eigenvalue weighted by molar-refractivity contribution is 7.14. The standard InChI is InChI=1S/C19H21N3O2S/c1-11-9-15(13(3)24-11)16-10-25-19(21-16)22-18(23)12(2)17(20)14-7-5-4-6-8-14/h4-10,12,17H,20H2,1-3H3,(H,21,22,23). The van der Waals surface area contributed by atoms with Crippen molar-refractivity contribution in [2.75, 3.05) is 5.32 Å². The van der Waals surface area contributed by atoms with Gasteiger partial charge in [-0.1, -0.05) is 37.3 Å². The van der Waals surface area contributed by atoms with Gasteiger partial charge in [0, 0.05) is 17.0 Å². The fourth-order valence-corrected chi connectivity index (χ4v) is 3.40. The van der Waals surface area contributed by atoms with E-state index in [1.54, 1.807) is 0 Å². The molecule has 2 heterocycles. The van der Waals surface area contributed by atoms with Crippen molar-refractivity contribution < 1.29 is 9.21 Å². The Morgan fingerprint density at radius 1 is 1.28 bits per heavy atom. The molecular weight excluding hydrogens is 334 g/mol. The molecule has 3 rings (SSSR count). The second-order valence-electron chi connectivity index (χ2n) is 6.08. The molecule has 6 heteroatoms. The third kappa shape index (κ3) is 3.81. The molecule has 3 N–H and O–H groups in total. The Balaban J connectivity index is 1.70. The van der Waals surface area contributed by atoms with E-state index in [9.17, 15) is 4.79 Å². The summed E-state index contributed by atoms with van der Waals surface area (Å²) in [4.78, 5) is 17.0. The summed E-state index contributed by atoms with van der Waals surface area (Å²) in [5, 5.41) is 5.34. The van der Waals surface area contributed by atoms with Crippen LogP contribution in [0.4, 0.5) is 5.13 Å². The third-order valence-electron chi connectivity index (χ3n) is 4.19. The van der Waals surface area contributed by atoms with E-state index >= 15 is 0 Å². The molecule has 3 aromatic rings. The van der Waals surface area contributed by atoms with Crippen molar-refractivity contribution in [1.82, 2.24) is 4.98 Å². The van der Waals surface area contributed by atoms with Crippen LogP contribution in [0, 0.1) is 19.8 Å². The quantitative estimate of drug-likeness (QED) is 0.715. The highest BCUT2D eigenvalue weighted by Crippen LogP contribution is 2.30. The number of carbonyl (C=O) groups is 1. The van der Waals surface area contributed by atoms with Gasteiger partial charge in [0.2, 0.25) is 5.91 Å². The minimum Gasteiger partial charge on any atom is -0.466 e. The van der Waals surface area contributed by atoms with Crippen molar-refractivity contribution in [2.45, 2.75) is 26.8 Å². The van der Waals surface area contributed by atoms with Crippen LogP contribution in [-0.4, -0.2) is 10.9 Å². The van der Waals surface area contributed by atoms with Crippen molar-refractivity contribution in [1.29, 1.82) is 0 Å². The van der Waals surface area contributed by atoms with E-state index in [4.69, 9.17) is 10.2 Å². The zero-order valence-electron chi connectivity index (χ0n) is 14.4. The van der Waals surface area contributed by atoms with E-state index in [1.165, 1.54) is 11.3 Å². The first-order valence-electron chi connectivity index (χ1n) is 8.10. The van der Waals surface area contributed by atoms with Gasteiger partial charge < -0.3 is 15.5 Å². The summed E-state index contributed by atoms with van der Waals surface area (Å²) in [7, 11) is 0. The maximum Gasteiger partial charge on any atom is 0.230 e. The first-order chi connectivity index (χ1) is 12.0. The van der Waals surface area contributed by atoms with E-state index in [1.807, 2.05) is 62.5 Å². The lowest BCUT2D eigenvalue weighted by Crippen LogP contribution is -2.30. The van der Waals surface area contributed by atoms with Crippen molar-refractivity contribution in [3.63, 3.8) is 0 Å². The predicted molar refractivity (Wildman–Crippen MR) is 100 cm³/mol. The SMILES string of the molecule is Cc1cc(-c2csc(NC(=O)C(C)C(N)c3ccccc3)n2)c(C)o1. The number of benzene rings is 1. The molecule has 0 saturated carbocycles. The number of thiazole rings is 1. The number of aromatic nitrogens is 1. The van der Waals surface area contributed by atoms with Gasteiger partial charge in [-0.3, -0.25) is 4.79 Å². The number of aryl methyl sites for hydroxylation is 2. The Kier molecular flexibility index (Phi) is 5.01. The number of amides is 1. The molecule has 1 amide bonds. The molecule has 130 valence electrons. The molecule has 2 aromatic heterocycles. The molecule has 5 nitrogen and oxygen atoms in total. The van der Waals surface area contributed by atoms with Crippen molar-refractivity contribution in [2.24, 2.45) is 11.7 Å². The largest absolute Gasteiger partial charge is 0.466 e.